The van der Waals surface area contributed by atoms with Gasteiger partial charge < -0.3 is 15.4 Å². The molecule has 7 heteroatoms. The van der Waals surface area contributed by atoms with E-state index in [1.165, 1.54) is 0 Å². The van der Waals surface area contributed by atoms with Crippen molar-refractivity contribution in [1.82, 2.24) is 5.32 Å². The number of benzene rings is 2. The number of alkyl halides is 1. The van der Waals surface area contributed by atoms with Gasteiger partial charge in [0.25, 0.3) is 5.91 Å². The number of rotatable bonds is 7. The van der Waals surface area contributed by atoms with Crippen molar-refractivity contribution < 1.29 is 14.3 Å². The van der Waals surface area contributed by atoms with Crippen LogP contribution < -0.4 is 15.4 Å². The Labute approximate surface area is 153 Å². The first kappa shape index (κ1) is 18.3. The molecule has 0 saturated carbocycles. The number of nitrogens with one attached hydrogen (secondary N) is 2. The van der Waals surface area contributed by atoms with Gasteiger partial charge in [0.15, 0.2) is 6.61 Å². The van der Waals surface area contributed by atoms with E-state index in [9.17, 15) is 9.59 Å². The molecule has 0 aromatic heterocycles. The van der Waals surface area contributed by atoms with Crippen LogP contribution in [0.4, 0.5) is 5.69 Å². The Morgan fingerprint density at radius 3 is 2.62 bits per heavy atom. The van der Waals surface area contributed by atoms with Crippen LogP contribution in [0.2, 0.25) is 5.02 Å². The number of hydrogen-bond donors (Lipinski definition) is 2. The Bertz CT molecular complexity index is 724. The van der Waals surface area contributed by atoms with Crippen molar-refractivity contribution >= 4 is 45.0 Å². The second-order valence-electron chi connectivity index (χ2n) is 4.86. The summed E-state index contributed by atoms with van der Waals surface area (Å²) in [6, 6.07) is 14.1. The molecular formula is C17H16BrClN2O3. The van der Waals surface area contributed by atoms with Crippen molar-refractivity contribution in [3.8, 4) is 5.75 Å². The first-order valence-corrected chi connectivity index (χ1v) is 8.67. The van der Waals surface area contributed by atoms with Crippen LogP contribution in [0.1, 0.15) is 5.56 Å². The predicted octanol–water partition coefficient (Wildman–Crippen LogP) is 3.37. The smallest absolute Gasteiger partial charge is 0.258 e. The Balaban J connectivity index is 1.86. The highest BCUT2D eigenvalue weighted by Gasteiger charge is 2.08. The summed E-state index contributed by atoms with van der Waals surface area (Å²) in [7, 11) is 0. The summed E-state index contributed by atoms with van der Waals surface area (Å²) < 4.78 is 5.38. The number of hydrogen-bond acceptors (Lipinski definition) is 3. The van der Waals surface area contributed by atoms with Crippen LogP contribution in [0.3, 0.4) is 0 Å². The van der Waals surface area contributed by atoms with Crippen LogP contribution in [0, 0.1) is 0 Å². The van der Waals surface area contributed by atoms with Gasteiger partial charge in [0.05, 0.1) is 5.33 Å². The van der Waals surface area contributed by atoms with Crippen LogP contribution in [0.5, 0.6) is 5.75 Å². The van der Waals surface area contributed by atoms with Crippen LogP contribution in [-0.4, -0.2) is 23.8 Å². The zero-order chi connectivity index (χ0) is 17.4. The maximum absolute atomic E-state index is 11.9. The van der Waals surface area contributed by atoms with Crippen LogP contribution >= 0.6 is 27.5 Å². The lowest BCUT2D eigenvalue weighted by molar-refractivity contribution is -0.123. The summed E-state index contributed by atoms with van der Waals surface area (Å²) >= 11 is 8.95. The second-order valence-corrected chi connectivity index (χ2v) is 5.86. The van der Waals surface area contributed by atoms with E-state index < -0.39 is 0 Å². The van der Waals surface area contributed by atoms with E-state index in [-0.39, 0.29) is 30.3 Å². The number of ether oxygens (including phenoxy) is 1. The Morgan fingerprint density at radius 1 is 1.08 bits per heavy atom. The summed E-state index contributed by atoms with van der Waals surface area (Å²) in [4.78, 5) is 23.4. The molecule has 0 aliphatic carbocycles. The van der Waals surface area contributed by atoms with Gasteiger partial charge in [0.1, 0.15) is 5.75 Å². The molecule has 2 aromatic rings. The van der Waals surface area contributed by atoms with Gasteiger partial charge >= 0.3 is 0 Å². The molecule has 0 aliphatic heterocycles. The lowest BCUT2D eigenvalue weighted by Gasteiger charge is -2.12. The molecule has 0 atom stereocenters. The molecule has 2 aromatic carbocycles. The van der Waals surface area contributed by atoms with Crippen LogP contribution in [-0.2, 0) is 16.1 Å². The monoisotopic (exact) mass is 410 g/mol. The Morgan fingerprint density at radius 2 is 1.88 bits per heavy atom. The molecule has 0 aliphatic rings. The van der Waals surface area contributed by atoms with Crippen molar-refractivity contribution in [2.45, 2.75) is 6.54 Å². The van der Waals surface area contributed by atoms with E-state index in [4.69, 9.17) is 16.3 Å². The van der Waals surface area contributed by atoms with Gasteiger partial charge in [0.2, 0.25) is 5.91 Å². The molecule has 5 nitrogen and oxygen atoms in total. The molecular weight excluding hydrogens is 396 g/mol. The Hall–Kier alpha value is -2.05. The molecule has 0 spiro atoms. The quantitative estimate of drug-likeness (QED) is 0.687. The maximum atomic E-state index is 11.9. The average molecular weight is 412 g/mol. The minimum atomic E-state index is -0.267. The number of anilines is 1. The first-order chi connectivity index (χ1) is 11.6. The summed E-state index contributed by atoms with van der Waals surface area (Å²) in [5, 5.41) is 6.28. The van der Waals surface area contributed by atoms with Gasteiger partial charge in [-0.2, -0.15) is 0 Å². The van der Waals surface area contributed by atoms with Crippen LogP contribution in [0.15, 0.2) is 48.5 Å². The fourth-order valence-electron chi connectivity index (χ4n) is 1.93. The van der Waals surface area contributed by atoms with E-state index in [2.05, 4.69) is 26.6 Å². The first-order valence-electron chi connectivity index (χ1n) is 7.17. The molecule has 126 valence electrons. The van der Waals surface area contributed by atoms with Crippen molar-refractivity contribution in [2.75, 3.05) is 17.3 Å². The van der Waals surface area contributed by atoms with E-state index in [1.54, 1.807) is 30.3 Å². The molecule has 0 fully saturated rings. The zero-order valence-electron chi connectivity index (χ0n) is 12.7. The van der Waals surface area contributed by atoms with Gasteiger partial charge in [-0.05, 0) is 29.8 Å². The molecule has 0 saturated heterocycles. The largest absolute Gasteiger partial charge is 0.484 e. The summed E-state index contributed by atoms with van der Waals surface area (Å²) in [5.74, 6) is 0.109. The summed E-state index contributed by atoms with van der Waals surface area (Å²) in [6.07, 6.45) is 0. The van der Waals surface area contributed by atoms with E-state index in [1.807, 2.05) is 18.2 Å². The summed E-state index contributed by atoms with van der Waals surface area (Å²) in [5.41, 5.74) is 1.47. The normalized spacial score (nSPS) is 10.1. The van der Waals surface area contributed by atoms with Gasteiger partial charge in [-0.25, -0.2) is 0 Å². The molecule has 0 heterocycles. The molecule has 0 bridgehead atoms. The highest BCUT2D eigenvalue weighted by Crippen LogP contribution is 2.17. The topological polar surface area (TPSA) is 67.4 Å². The summed E-state index contributed by atoms with van der Waals surface area (Å²) in [6.45, 7) is 0.173. The molecule has 2 amide bonds. The predicted molar refractivity (Wildman–Crippen MR) is 97.7 cm³/mol. The Kier molecular flexibility index (Phi) is 7.08. The number of halogens is 2. The minimum absolute atomic E-state index is 0.115. The van der Waals surface area contributed by atoms with Gasteiger partial charge in [0, 0.05) is 17.3 Å². The molecule has 0 radical (unpaired) electrons. The lowest BCUT2D eigenvalue weighted by Crippen LogP contribution is -2.29. The fraction of sp³-hybridized carbons (Fsp3) is 0.176. The van der Waals surface area contributed by atoms with E-state index >= 15 is 0 Å². The minimum Gasteiger partial charge on any atom is -0.484 e. The third-order valence-corrected chi connectivity index (χ3v) is 3.80. The molecule has 2 rings (SSSR count). The number of amides is 2. The SMILES string of the molecule is O=C(COc1cccc(Cl)c1)NCc1ccccc1NC(=O)CBr. The molecule has 24 heavy (non-hydrogen) atoms. The third-order valence-electron chi connectivity index (χ3n) is 3.05. The number of carbonyl (C=O) groups excluding carboxylic acids is 2. The van der Waals surface area contributed by atoms with Crippen molar-refractivity contribution in [3.05, 3.63) is 59.1 Å². The standard InChI is InChI=1S/C17H16BrClN2O3/c18-9-16(22)21-15-7-2-1-4-12(15)10-20-17(23)11-24-14-6-3-5-13(19)8-14/h1-8H,9-11H2,(H,20,23)(H,21,22). The zero-order valence-corrected chi connectivity index (χ0v) is 15.1. The highest BCUT2D eigenvalue weighted by molar-refractivity contribution is 9.09. The highest BCUT2D eigenvalue weighted by atomic mass is 79.9. The van der Waals surface area contributed by atoms with E-state index in [0.717, 1.165) is 5.56 Å². The second kappa shape index (κ2) is 9.30. The number of carbonyl (C=O) groups is 2. The van der Waals surface area contributed by atoms with Gasteiger partial charge in [-0.3, -0.25) is 9.59 Å². The van der Waals surface area contributed by atoms with Crippen molar-refractivity contribution in [1.29, 1.82) is 0 Å². The molecule has 0 unspecified atom stereocenters. The van der Waals surface area contributed by atoms with E-state index in [0.29, 0.717) is 16.5 Å². The third kappa shape index (κ3) is 5.86. The van der Waals surface area contributed by atoms with Gasteiger partial charge in [-0.1, -0.05) is 51.8 Å². The maximum Gasteiger partial charge on any atom is 0.258 e. The van der Waals surface area contributed by atoms with Crippen molar-refractivity contribution in [3.63, 3.8) is 0 Å². The molecule has 2 N–H and O–H groups in total. The lowest BCUT2D eigenvalue weighted by atomic mass is 10.1. The van der Waals surface area contributed by atoms with Gasteiger partial charge in [-0.15, -0.1) is 0 Å². The van der Waals surface area contributed by atoms with Crippen molar-refractivity contribution in [2.24, 2.45) is 0 Å². The number of para-hydroxylation sites is 1. The fourth-order valence-corrected chi connectivity index (χ4v) is 2.25. The van der Waals surface area contributed by atoms with Crippen LogP contribution in [0.25, 0.3) is 0 Å². The average Bonchev–Trinajstić information content (AvgIpc) is 2.59.